The molecule has 0 spiro atoms. The van der Waals surface area contributed by atoms with Crippen LogP contribution < -0.4 is 0 Å². The van der Waals surface area contributed by atoms with Crippen molar-refractivity contribution < 1.29 is 9.53 Å². The van der Waals surface area contributed by atoms with E-state index >= 15 is 0 Å². The van der Waals surface area contributed by atoms with Crippen molar-refractivity contribution in [3.63, 3.8) is 0 Å². The molecule has 0 amide bonds. The Bertz CT molecular complexity index is 367. The number of rotatable bonds is 0. The van der Waals surface area contributed by atoms with Crippen LogP contribution in [-0.4, -0.2) is 15.9 Å². The molecular weight excluding hydrogens is 203 g/mol. The van der Waals surface area contributed by atoms with E-state index in [9.17, 15) is 4.79 Å². The highest BCUT2D eigenvalue weighted by Crippen LogP contribution is 2.25. The van der Waals surface area contributed by atoms with E-state index in [1.54, 1.807) is 0 Å². The maximum atomic E-state index is 10.9. The van der Waals surface area contributed by atoms with E-state index in [0.29, 0.717) is 5.56 Å². The van der Waals surface area contributed by atoms with Gasteiger partial charge in [-0.25, -0.2) is 14.8 Å². The first-order valence-electron chi connectivity index (χ1n) is 3.07. The number of aromatic nitrogens is 2. The van der Waals surface area contributed by atoms with E-state index in [1.165, 1.54) is 0 Å². The molecule has 2 heterocycles. The molecule has 0 fully saturated rings. The van der Waals surface area contributed by atoms with Gasteiger partial charge in [0.05, 0.1) is 5.56 Å². The third-order valence-corrected chi connectivity index (χ3v) is 1.95. The van der Waals surface area contributed by atoms with Crippen LogP contribution in [0.3, 0.4) is 0 Å². The average molecular weight is 205 g/mol. The molecule has 62 valence electrons. The Labute approximate surface area is 77.5 Å². The summed E-state index contributed by atoms with van der Waals surface area (Å²) >= 11 is 11.2. The summed E-state index contributed by atoms with van der Waals surface area (Å²) in [5.74, 6) is -0.504. The second-order valence-electron chi connectivity index (χ2n) is 2.19. The highest BCUT2D eigenvalue weighted by molar-refractivity contribution is 6.32. The van der Waals surface area contributed by atoms with Gasteiger partial charge in [0.15, 0.2) is 5.69 Å². The maximum Gasteiger partial charge on any atom is 0.357 e. The zero-order valence-electron chi connectivity index (χ0n) is 5.67. The Balaban J connectivity index is 2.68. The van der Waals surface area contributed by atoms with Gasteiger partial charge in [0.1, 0.15) is 11.8 Å². The molecule has 0 bridgehead atoms. The minimum Gasteiger partial charge on any atom is -0.456 e. The lowest BCUT2D eigenvalue weighted by atomic mass is 10.3. The van der Waals surface area contributed by atoms with Crippen LogP contribution in [0.5, 0.6) is 0 Å². The Morgan fingerprint density at radius 1 is 1.33 bits per heavy atom. The first kappa shape index (κ1) is 7.76. The predicted molar refractivity (Wildman–Crippen MR) is 41.2 cm³/mol. The van der Waals surface area contributed by atoms with Crippen LogP contribution in [0.25, 0.3) is 0 Å². The van der Waals surface area contributed by atoms with Crippen LogP contribution in [0, 0.1) is 0 Å². The molecule has 12 heavy (non-hydrogen) atoms. The number of hydrogen-bond donors (Lipinski definition) is 0. The summed E-state index contributed by atoms with van der Waals surface area (Å²) < 4.78 is 4.67. The van der Waals surface area contributed by atoms with Gasteiger partial charge in [0, 0.05) is 0 Å². The van der Waals surface area contributed by atoms with Crippen molar-refractivity contribution in [2.24, 2.45) is 0 Å². The van der Waals surface area contributed by atoms with Crippen molar-refractivity contribution in [2.75, 3.05) is 0 Å². The molecule has 0 N–H and O–H groups in total. The molecule has 4 nitrogen and oxygen atoms in total. The molecule has 6 heteroatoms. The van der Waals surface area contributed by atoms with Crippen molar-refractivity contribution in [1.82, 2.24) is 9.97 Å². The standard InChI is InChI=1S/C6H2Cl2N2O2/c7-4-2-1-12-5(11)3(2)9-6(8)10-4/h1H2. The van der Waals surface area contributed by atoms with Crippen LogP contribution in [0.2, 0.25) is 10.4 Å². The Kier molecular flexibility index (Phi) is 1.66. The summed E-state index contributed by atoms with van der Waals surface area (Å²) in [4.78, 5) is 18.3. The third kappa shape index (κ3) is 1.04. The summed E-state index contributed by atoms with van der Waals surface area (Å²) in [6.45, 7) is 0.129. The second kappa shape index (κ2) is 2.57. The molecule has 1 aliphatic heterocycles. The minimum atomic E-state index is -0.504. The molecule has 0 saturated heterocycles. The highest BCUT2D eigenvalue weighted by atomic mass is 35.5. The molecule has 0 saturated carbocycles. The molecule has 2 rings (SSSR count). The Hall–Kier alpha value is -0.870. The van der Waals surface area contributed by atoms with Crippen LogP contribution in [-0.2, 0) is 11.3 Å². The molecule has 1 aromatic heterocycles. The van der Waals surface area contributed by atoms with E-state index in [-0.39, 0.29) is 22.7 Å². The third-order valence-electron chi connectivity index (χ3n) is 1.47. The summed E-state index contributed by atoms with van der Waals surface area (Å²) in [6, 6.07) is 0. The van der Waals surface area contributed by atoms with Gasteiger partial charge in [-0.1, -0.05) is 11.6 Å². The number of carbonyl (C=O) groups is 1. The number of hydrogen-bond acceptors (Lipinski definition) is 4. The fourth-order valence-electron chi connectivity index (χ4n) is 0.934. The molecule has 1 aliphatic rings. The summed E-state index contributed by atoms with van der Waals surface area (Å²) in [6.07, 6.45) is 0. The molecule has 0 aliphatic carbocycles. The molecule has 0 atom stereocenters. The minimum absolute atomic E-state index is 0.0439. The largest absolute Gasteiger partial charge is 0.456 e. The van der Waals surface area contributed by atoms with Gasteiger partial charge < -0.3 is 4.74 Å². The van der Waals surface area contributed by atoms with Gasteiger partial charge in [-0.15, -0.1) is 0 Å². The SMILES string of the molecule is O=C1OCc2c(Cl)nc(Cl)nc21. The van der Waals surface area contributed by atoms with E-state index in [0.717, 1.165) is 0 Å². The summed E-state index contributed by atoms with van der Waals surface area (Å²) in [7, 11) is 0. The van der Waals surface area contributed by atoms with Crippen molar-refractivity contribution >= 4 is 29.2 Å². The van der Waals surface area contributed by atoms with E-state index in [1.807, 2.05) is 0 Å². The normalized spacial score (nSPS) is 14.3. The monoisotopic (exact) mass is 204 g/mol. The lowest BCUT2D eigenvalue weighted by molar-refractivity contribution is 0.0531. The van der Waals surface area contributed by atoms with Gasteiger partial charge in [-0.3, -0.25) is 0 Å². The van der Waals surface area contributed by atoms with Gasteiger partial charge in [0.2, 0.25) is 5.28 Å². The number of halogens is 2. The van der Waals surface area contributed by atoms with E-state index < -0.39 is 5.97 Å². The smallest absolute Gasteiger partial charge is 0.357 e. The van der Waals surface area contributed by atoms with Gasteiger partial charge >= 0.3 is 5.97 Å². The number of carbonyl (C=O) groups excluding carboxylic acids is 1. The summed E-state index contributed by atoms with van der Waals surface area (Å²) in [5.41, 5.74) is 0.672. The average Bonchev–Trinajstić information content (AvgIpc) is 2.33. The van der Waals surface area contributed by atoms with Crippen LogP contribution >= 0.6 is 23.2 Å². The lowest BCUT2D eigenvalue weighted by Crippen LogP contribution is -1.99. The van der Waals surface area contributed by atoms with E-state index in [2.05, 4.69) is 14.7 Å². The van der Waals surface area contributed by atoms with Gasteiger partial charge in [-0.05, 0) is 11.6 Å². The van der Waals surface area contributed by atoms with Crippen LogP contribution in [0.4, 0.5) is 0 Å². The van der Waals surface area contributed by atoms with E-state index in [4.69, 9.17) is 23.2 Å². The van der Waals surface area contributed by atoms with Gasteiger partial charge in [0.25, 0.3) is 0 Å². The predicted octanol–water partition coefficient (Wildman–Crippen LogP) is 1.45. The summed E-state index contributed by atoms with van der Waals surface area (Å²) in [5, 5.41) is 0.133. The van der Waals surface area contributed by atoms with Crippen LogP contribution in [0.15, 0.2) is 0 Å². The fraction of sp³-hybridized carbons (Fsp3) is 0.167. The maximum absolute atomic E-state index is 10.9. The molecule has 0 aromatic carbocycles. The second-order valence-corrected chi connectivity index (χ2v) is 2.88. The number of cyclic esters (lactones) is 1. The number of nitrogens with zero attached hydrogens (tertiary/aromatic N) is 2. The highest BCUT2D eigenvalue weighted by Gasteiger charge is 2.26. The number of ether oxygens (including phenoxy) is 1. The van der Waals surface area contributed by atoms with Crippen molar-refractivity contribution in [3.8, 4) is 0 Å². The lowest BCUT2D eigenvalue weighted by Gasteiger charge is -1.95. The fourth-order valence-corrected chi connectivity index (χ4v) is 1.37. The number of esters is 1. The number of fused-ring (bicyclic) bond motifs is 1. The first-order chi connectivity index (χ1) is 5.68. The zero-order chi connectivity index (χ0) is 8.72. The Morgan fingerprint density at radius 2 is 2.08 bits per heavy atom. The topological polar surface area (TPSA) is 52.1 Å². The molecular formula is C6H2Cl2N2O2. The first-order valence-corrected chi connectivity index (χ1v) is 3.83. The zero-order valence-corrected chi connectivity index (χ0v) is 7.19. The van der Waals surface area contributed by atoms with Crippen molar-refractivity contribution in [1.29, 1.82) is 0 Å². The molecule has 0 radical (unpaired) electrons. The molecule has 1 aromatic rings. The van der Waals surface area contributed by atoms with Crippen molar-refractivity contribution in [2.45, 2.75) is 6.61 Å². The van der Waals surface area contributed by atoms with Crippen molar-refractivity contribution in [3.05, 3.63) is 21.7 Å². The quantitative estimate of drug-likeness (QED) is 0.365. The molecule has 0 unspecified atom stereocenters. The van der Waals surface area contributed by atoms with Crippen LogP contribution in [0.1, 0.15) is 16.1 Å². The Morgan fingerprint density at radius 3 is 2.83 bits per heavy atom. The van der Waals surface area contributed by atoms with Gasteiger partial charge in [-0.2, -0.15) is 0 Å².